The Morgan fingerprint density at radius 1 is 1.30 bits per heavy atom. The van der Waals surface area contributed by atoms with E-state index in [0.29, 0.717) is 17.9 Å². The summed E-state index contributed by atoms with van der Waals surface area (Å²) in [5.41, 5.74) is 2.60. The lowest BCUT2D eigenvalue weighted by Crippen LogP contribution is -2.24. The minimum Gasteiger partial charge on any atom is -0.312 e. The lowest BCUT2D eigenvalue weighted by molar-refractivity contribution is 0.600. The molecule has 2 heterocycles. The van der Waals surface area contributed by atoms with Gasteiger partial charge in [0.1, 0.15) is 0 Å². The number of H-pyrrole nitrogens is 1. The van der Waals surface area contributed by atoms with Gasteiger partial charge in [-0.15, -0.1) is 0 Å². The van der Waals surface area contributed by atoms with E-state index >= 15 is 0 Å². The average Bonchev–Trinajstić information content (AvgIpc) is 2.82. The van der Waals surface area contributed by atoms with Crippen LogP contribution in [0.5, 0.6) is 0 Å². The first-order valence-electron chi connectivity index (χ1n) is 6.43. The summed E-state index contributed by atoms with van der Waals surface area (Å²) in [6.07, 6.45) is 0.828. The number of aryl methyl sites for hydroxylation is 1. The fourth-order valence-electron chi connectivity index (χ4n) is 2.35. The molecule has 0 unspecified atom stereocenters. The molecule has 6 nitrogen and oxygen atoms in total. The molecule has 0 amide bonds. The summed E-state index contributed by atoms with van der Waals surface area (Å²) in [4.78, 5) is 0.278. The molecule has 0 fully saturated rings. The van der Waals surface area contributed by atoms with Crippen LogP contribution in [0.2, 0.25) is 0 Å². The van der Waals surface area contributed by atoms with E-state index in [1.165, 1.54) is 0 Å². The average molecular weight is 292 g/mol. The van der Waals surface area contributed by atoms with Crippen LogP contribution in [0.1, 0.15) is 16.8 Å². The van der Waals surface area contributed by atoms with Gasteiger partial charge in [-0.1, -0.05) is 18.2 Å². The third-order valence-electron chi connectivity index (χ3n) is 3.42. The molecule has 3 rings (SSSR count). The third-order valence-corrected chi connectivity index (χ3v) is 4.92. The smallest absolute Gasteiger partial charge is 0.263 e. The highest BCUT2D eigenvalue weighted by molar-refractivity contribution is 7.92. The Morgan fingerprint density at radius 2 is 2.10 bits per heavy atom. The van der Waals surface area contributed by atoms with Gasteiger partial charge in [-0.2, -0.15) is 5.10 Å². The summed E-state index contributed by atoms with van der Waals surface area (Å²) >= 11 is 0. The summed E-state index contributed by atoms with van der Waals surface area (Å²) in [6.45, 7) is 3.27. The molecule has 0 atom stereocenters. The van der Waals surface area contributed by atoms with Crippen molar-refractivity contribution in [1.82, 2.24) is 15.5 Å². The molecule has 3 N–H and O–H groups in total. The Hall–Kier alpha value is -1.86. The predicted molar refractivity (Wildman–Crippen MR) is 76.0 cm³/mol. The van der Waals surface area contributed by atoms with Crippen molar-refractivity contribution in [3.63, 3.8) is 0 Å². The summed E-state index contributed by atoms with van der Waals surface area (Å²) in [5, 5.41) is 10.2. The molecule has 1 aliphatic heterocycles. The number of nitrogens with one attached hydrogen (secondary N) is 3. The van der Waals surface area contributed by atoms with Gasteiger partial charge in [-0.25, -0.2) is 8.42 Å². The Balaban J connectivity index is 1.95. The molecule has 0 bridgehead atoms. The second-order valence-electron chi connectivity index (χ2n) is 4.83. The van der Waals surface area contributed by atoms with Crippen LogP contribution in [0.4, 0.5) is 5.82 Å². The largest absolute Gasteiger partial charge is 0.312 e. The number of hydrogen-bond acceptors (Lipinski definition) is 4. The van der Waals surface area contributed by atoms with Crippen LogP contribution in [0.25, 0.3) is 0 Å². The molecule has 1 aromatic carbocycles. The SMILES string of the molecule is Cc1ccccc1S(=O)(=O)Nc1n[nH]c2c1CNCC2. The molecule has 0 aliphatic carbocycles. The van der Waals surface area contributed by atoms with Crippen LogP contribution in [0, 0.1) is 6.92 Å². The molecule has 20 heavy (non-hydrogen) atoms. The molecule has 106 valence electrons. The summed E-state index contributed by atoms with van der Waals surface area (Å²) < 4.78 is 27.4. The van der Waals surface area contributed by atoms with Gasteiger partial charge in [0, 0.05) is 30.8 Å². The molecule has 0 radical (unpaired) electrons. The molecule has 1 aromatic heterocycles. The first-order chi connectivity index (χ1) is 9.58. The van der Waals surface area contributed by atoms with Crippen molar-refractivity contribution in [3.8, 4) is 0 Å². The summed E-state index contributed by atoms with van der Waals surface area (Å²) in [7, 11) is -3.61. The van der Waals surface area contributed by atoms with Crippen molar-refractivity contribution in [1.29, 1.82) is 0 Å². The van der Waals surface area contributed by atoms with Gasteiger partial charge < -0.3 is 5.32 Å². The van der Waals surface area contributed by atoms with E-state index in [9.17, 15) is 8.42 Å². The maximum Gasteiger partial charge on any atom is 0.263 e. The minimum absolute atomic E-state index is 0.278. The Morgan fingerprint density at radius 3 is 2.90 bits per heavy atom. The van der Waals surface area contributed by atoms with E-state index in [2.05, 4.69) is 20.2 Å². The number of sulfonamides is 1. The van der Waals surface area contributed by atoms with Gasteiger partial charge in [0.25, 0.3) is 10.0 Å². The van der Waals surface area contributed by atoms with Crippen molar-refractivity contribution >= 4 is 15.8 Å². The van der Waals surface area contributed by atoms with Crippen LogP contribution in [0.3, 0.4) is 0 Å². The normalized spacial score (nSPS) is 14.8. The fourth-order valence-corrected chi connectivity index (χ4v) is 3.63. The van der Waals surface area contributed by atoms with E-state index in [-0.39, 0.29) is 4.90 Å². The standard InChI is InChI=1S/C13H16N4O2S/c1-9-4-2-3-5-12(9)20(18,19)17-13-10-8-14-7-6-11(10)15-16-13/h2-5,14H,6-8H2,1H3,(H2,15,16,17). The lowest BCUT2D eigenvalue weighted by atomic mass is 10.1. The van der Waals surface area contributed by atoms with Crippen molar-refractivity contribution in [2.45, 2.75) is 24.8 Å². The van der Waals surface area contributed by atoms with Crippen molar-refractivity contribution < 1.29 is 8.42 Å². The first-order valence-corrected chi connectivity index (χ1v) is 7.91. The Bertz CT molecular complexity index is 737. The van der Waals surface area contributed by atoms with E-state index in [1.54, 1.807) is 25.1 Å². The second kappa shape index (κ2) is 4.92. The topological polar surface area (TPSA) is 86.9 Å². The third kappa shape index (κ3) is 2.30. The summed E-state index contributed by atoms with van der Waals surface area (Å²) in [6, 6.07) is 6.89. The monoisotopic (exact) mass is 292 g/mol. The zero-order valence-corrected chi connectivity index (χ0v) is 11.9. The Kier molecular flexibility index (Phi) is 3.23. The highest BCUT2D eigenvalue weighted by Gasteiger charge is 2.22. The van der Waals surface area contributed by atoms with Gasteiger partial charge >= 0.3 is 0 Å². The lowest BCUT2D eigenvalue weighted by Gasteiger charge is -2.14. The molecule has 2 aromatic rings. The van der Waals surface area contributed by atoms with E-state index in [0.717, 1.165) is 24.2 Å². The van der Waals surface area contributed by atoms with E-state index < -0.39 is 10.0 Å². The number of benzene rings is 1. The number of nitrogens with zero attached hydrogens (tertiary/aromatic N) is 1. The molecule has 0 spiro atoms. The Labute approximate surface area is 117 Å². The van der Waals surface area contributed by atoms with Gasteiger partial charge in [0.05, 0.1) is 4.90 Å². The molecule has 7 heteroatoms. The highest BCUT2D eigenvalue weighted by atomic mass is 32.2. The van der Waals surface area contributed by atoms with Gasteiger partial charge in [-0.05, 0) is 18.6 Å². The molecular weight excluding hydrogens is 276 g/mol. The fraction of sp³-hybridized carbons (Fsp3) is 0.308. The molecular formula is C13H16N4O2S. The summed E-state index contributed by atoms with van der Waals surface area (Å²) in [5.74, 6) is 0.385. The predicted octanol–water partition coefficient (Wildman–Crippen LogP) is 1.16. The zero-order valence-electron chi connectivity index (χ0n) is 11.1. The molecule has 1 aliphatic rings. The van der Waals surface area contributed by atoms with Crippen LogP contribution in [-0.4, -0.2) is 25.2 Å². The quantitative estimate of drug-likeness (QED) is 0.792. The van der Waals surface area contributed by atoms with Crippen LogP contribution < -0.4 is 10.0 Å². The van der Waals surface area contributed by atoms with Crippen LogP contribution in [0.15, 0.2) is 29.2 Å². The number of aromatic nitrogens is 2. The second-order valence-corrected chi connectivity index (χ2v) is 6.48. The number of aromatic amines is 1. The van der Waals surface area contributed by atoms with E-state index in [1.807, 2.05) is 6.07 Å². The highest BCUT2D eigenvalue weighted by Crippen LogP contribution is 2.23. The number of anilines is 1. The van der Waals surface area contributed by atoms with E-state index in [4.69, 9.17) is 0 Å². The molecule has 0 saturated carbocycles. The molecule has 0 saturated heterocycles. The zero-order chi connectivity index (χ0) is 14.2. The number of hydrogen-bond donors (Lipinski definition) is 3. The number of fused-ring (bicyclic) bond motifs is 1. The minimum atomic E-state index is -3.61. The van der Waals surface area contributed by atoms with Gasteiger partial charge in [0.2, 0.25) is 0 Å². The van der Waals surface area contributed by atoms with Crippen molar-refractivity contribution in [2.75, 3.05) is 11.3 Å². The van der Waals surface area contributed by atoms with Crippen molar-refractivity contribution in [2.24, 2.45) is 0 Å². The maximum absolute atomic E-state index is 12.4. The van der Waals surface area contributed by atoms with Gasteiger partial charge in [0.15, 0.2) is 5.82 Å². The van der Waals surface area contributed by atoms with Crippen LogP contribution >= 0.6 is 0 Å². The van der Waals surface area contributed by atoms with Gasteiger partial charge in [-0.3, -0.25) is 9.82 Å². The maximum atomic E-state index is 12.4. The van der Waals surface area contributed by atoms with Crippen molar-refractivity contribution in [3.05, 3.63) is 41.1 Å². The van der Waals surface area contributed by atoms with Crippen LogP contribution in [-0.2, 0) is 23.0 Å². The first kappa shape index (κ1) is 13.1. The number of rotatable bonds is 3.